The molecule has 0 unspecified atom stereocenters. The zero-order chi connectivity index (χ0) is 18.2. The van der Waals surface area contributed by atoms with Crippen LogP contribution in [0.1, 0.15) is 54.8 Å². The number of hydrogen-bond acceptors (Lipinski definition) is 6. The van der Waals surface area contributed by atoms with Gasteiger partial charge in [-0.05, 0) is 37.7 Å². The number of morpholine rings is 1. The molecule has 0 bridgehead atoms. The molecule has 146 valence electrons. The largest absolute Gasteiger partial charge is 0.379 e. The summed E-state index contributed by atoms with van der Waals surface area (Å²) in [6.45, 7) is 4.45. The predicted octanol–water partition coefficient (Wildman–Crippen LogP) is 3.78. The van der Waals surface area contributed by atoms with E-state index >= 15 is 0 Å². The molecule has 0 spiro atoms. The minimum Gasteiger partial charge on any atom is -0.379 e. The average molecular weight is 387 g/mol. The van der Waals surface area contributed by atoms with E-state index in [2.05, 4.69) is 16.8 Å². The standard InChI is InChI=1S/C21H30N4OS/c1-24(15-6-3-2-4-7-15)20-19-16-8-5-9-17(16)27-21(19)23-18(22-20)14-25-10-12-26-13-11-25/h15H,2-14H2,1H3. The molecular formula is C21H30N4OS. The molecule has 2 aromatic rings. The van der Waals surface area contributed by atoms with Crippen LogP contribution < -0.4 is 4.90 Å². The van der Waals surface area contributed by atoms with E-state index in [9.17, 15) is 0 Å². The lowest BCUT2D eigenvalue weighted by Crippen LogP contribution is -2.37. The van der Waals surface area contributed by atoms with Crippen molar-refractivity contribution >= 4 is 27.4 Å². The third kappa shape index (κ3) is 3.47. The van der Waals surface area contributed by atoms with Crippen LogP contribution in [-0.2, 0) is 24.1 Å². The highest BCUT2D eigenvalue weighted by molar-refractivity contribution is 7.19. The quantitative estimate of drug-likeness (QED) is 0.800. The van der Waals surface area contributed by atoms with Crippen molar-refractivity contribution in [1.29, 1.82) is 0 Å². The fourth-order valence-electron chi connectivity index (χ4n) is 4.95. The van der Waals surface area contributed by atoms with E-state index in [4.69, 9.17) is 14.7 Å². The van der Waals surface area contributed by atoms with Crippen LogP contribution in [-0.4, -0.2) is 54.3 Å². The second-order valence-corrected chi connectivity index (χ2v) is 9.38. The van der Waals surface area contributed by atoms with Crippen LogP contribution in [0.2, 0.25) is 0 Å². The lowest BCUT2D eigenvalue weighted by Gasteiger charge is -2.33. The molecule has 2 fully saturated rings. The minimum absolute atomic E-state index is 0.630. The molecule has 0 amide bonds. The van der Waals surface area contributed by atoms with Crippen molar-refractivity contribution in [3.05, 3.63) is 16.3 Å². The number of aromatic nitrogens is 2. The van der Waals surface area contributed by atoms with Crippen LogP contribution in [0.15, 0.2) is 0 Å². The maximum atomic E-state index is 5.50. The zero-order valence-electron chi connectivity index (χ0n) is 16.4. The molecule has 27 heavy (non-hydrogen) atoms. The Hall–Kier alpha value is -1.24. The van der Waals surface area contributed by atoms with Gasteiger partial charge >= 0.3 is 0 Å². The van der Waals surface area contributed by atoms with Crippen LogP contribution in [0, 0.1) is 0 Å². The minimum atomic E-state index is 0.630. The SMILES string of the molecule is CN(c1nc(CN2CCOCC2)nc2sc3c(c12)CCC3)C1CCCCC1. The average Bonchev–Trinajstić information content (AvgIpc) is 3.29. The highest BCUT2D eigenvalue weighted by Crippen LogP contribution is 2.41. The van der Waals surface area contributed by atoms with Crippen molar-refractivity contribution in [2.45, 2.75) is 64.0 Å². The molecule has 2 aromatic heterocycles. The number of nitrogens with zero attached hydrogens (tertiary/aromatic N) is 4. The second-order valence-electron chi connectivity index (χ2n) is 8.29. The van der Waals surface area contributed by atoms with Gasteiger partial charge in [-0.3, -0.25) is 4.90 Å². The van der Waals surface area contributed by atoms with E-state index in [-0.39, 0.29) is 0 Å². The van der Waals surface area contributed by atoms with Gasteiger partial charge in [-0.1, -0.05) is 19.3 Å². The molecule has 3 heterocycles. The molecule has 3 aliphatic rings. The van der Waals surface area contributed by atoms with Crippen LogP contribution >= 0.6 is 11.3 Å². The molecule has 1 saturated carbocycles. The Morgan fingerprint density at radius 1 is 1.07 bits per heavy atom. The van der Waals surface area contributed by atoms with Gasteiger partial charge in [0, 0.05) is 31.1 Å². The van der Waals surface area contributed by atoms with E-state index in [0.29, 0.717) is 6.04 Å². The monoisotopic (exact) mass is 386 g/mol. The van der Waals surface area contributed by atoms with Gasteiger partial charge in [0.05, 0.1) is 25.1 Å². The van der Waals surface area contributed by atoms with Crippen molar-refractivity contribution in [3.8, 4) is 0 Å². The van der Waals surface area contributed by atoms with Gasteiger partial charge in [0.1, 0.15) is 16.5 Å². The number of thiophene rings is 1. The van der Waals surface area contributed by atoms with Crippen molar-refractivity contribution in [1.82, 2.24) is 14.9 Å². The first-order chi connectivity index (χ1) is 13.3. The maximum absolute atomic E-state index is 5.50. The number of aryl methyl sites for hydroxylation is 2. The van der Waals surface area contributed by atoms with Gasteiger partial charge in [0.15, 0.2) is 0 Å². The number of anilines is 1. The van der Waals surface area contributed by atoms with Gasteiger partial charge < -0.3 is 9.64 Å². The van der Waals surface area contributed by atoms with Crippen molar-refractivity contribution in [2.75, 3.05) is 38.3 Å². The fraction of sp³-hybridized carbons (Fsp3) is 0.714. The molecule has 6 heteroatoms. The summed E-state index contributed by atoms with van der Waals surface area (Å²) in [6, 6.07) is 0.630. The van der Waals surface area contributed by atoms with E-state index in [1.165, 1.54) is 67.4 Å². The molecular weight excluding hydrogens is 356 g/mol. The lowest BCUT2D eigenvalue weighted by molar-refractivity contribution is 0.0331. The van der Waals surface area contributed by atoms with Gasteiger partial charge in [0.2, 0.25) is 0 Å². The summed E-state index contributed by atoms with van der Waals surface area (Å²) in [5.41, 5.74) is 1.55. The van der Waals surface area contributed by atoms with Crippen molar-refractivity contribution < 1.29 is 4.74 Å². The molecule has 2 aliphatic carbocycles. The molecule has 0 aromatic carbocycles. The van der Waals surface area contributed by atoms with Crippen LogP contribution in [0.5, 0.6) is 0 Å². The molecule has 1 saturated heterocycles. The van der Waals surface area contributed by atoms with Crippen molar-refractivity contribution in [3.63, 3.8) is 0 Å². The summed E-state index contributed by atoms with van der Waals surface area (Å²) in [5, 5.41) is 1.37. The molecule has 0 radical (unpaired) electrons. The van der Waals surface area contributed by atoms with Gasteiger partial charge in [-0.15, -0.1) is 11.3 Å². The lowest BCUT2D eigenvalue weighted by atomic mass is 9.94. The Morgan fingerprint density at radius 3 is 2.70 bits per heavy atom. The molecule has 5 nitrogen and oxygen atoms in total. The summed E-state index contributed by atoms with van der Waals surface area (Å²) in [4.78, 5) is 17.9. The highest BCUT2D eigenvalue weighted by atomic mass is 32.1. The number of fused-ring (bicyclic) bond motifs is 3. The Labute approximate surface area is 165 Å². The number of rotatable bonds is 4. The van der Waals surface area contributed by atoms with Crippen LogP contribution in [0.3, 0.4) is 0 Å². The third-order valence-corrected chi connectivity index (χ3v) is 7.70. The van der Waals surface area contributed by atoms with Crippen LogP contribution in [0.25, 0.3) is 10.2 Å². The Morgan fingerprint density at radius 2 is 1.89 bits per heavy atom. The Bertz CT molecular complexity index is 808. The summed E-state index contributed by atoms with van der Waals surface area (Å²) in [6.07, 6.45) is 10.4. The summed E-state index contributed by atoms with van der Waals surface area (Å²) >= 11 is 1.92. The zero-order valence-corrected chi connectivity index (χ0v) is 17.2. The van der Waals surface area contributed by atoms with E-state index < -0.39 is 0 Å². The van der Waals surface area contributed by atoms with E-state index in [0.717, 1.165) is 38.7 Å². The Balaban J connectivity index is 1.53. The first-order valence-electron chi connectivity index (χ1n) is 10.6. The van der Waals surface area contributed by atoms with E-state index in [1.54, 1.807) is 10.4 Å². The normalized spacial score (nSPS) is 21.7. The first-order valence-corrected chi connectivity index (χ1v) is 11.5. The third-order valence-electron chi connectivity index (χ3n) is 6.52. The molecule has 0 atom stereocenters. The molecule has 1 aliphatic heterocycles. The Kier molecular flexibility index (Phi) is 5.05. The predicted molar refractivity (Wildman–Crippen MR) is 111 cm³/mol. The van der Waals surface area contributed by atoms with Gasteiger partial charge in [-0.2, -0.15) is 0 Å². The maximum Gasteiger partial charge on any atom is 0.146 e. The van der Waals surface area contributed by atoms with E-state index in [1.807, 2.05) is 11.3 Å². The fourth-order valence-corrected chi connectivity index (χ4v) is 6.22. The molecule has 5 rings (SSSR count). The topological polar surface area (TPSA) is 41.5 Å². The highest BCUT2D eigenvalue weighted by Gasteiger charge is 2.27. The summed E-state index contributed by atoms with van der Waals surface area (Å²) < 4.78 is 5.50. The number of ether oxygens (including phenoxy) is 1. The second kappa shape index (κ2) is 7.64. The van der Waals surface area contributed by atoms with Crippen molar-refractivity contribution in [2.24, 2.45) is 0 Å². The smallest absolute Gasteiger partial charge is 0.146 e. The summed E-state index contributed by atoms with van der Waals surface area (Å²) in [5.74, 6) is 2.19. The first kappa shape index (κ1) is 17.8. The summed E-state index contributed by atoms with van der Waals surface area (Å²) in [7, 11) is 2.27. The van der Waals surface area contributed by atoms with Gasteiger partial charge in [0.25, 0.3) is 0 Å². The molecule has 0 N–H and O–H groups in total. The number of hydrogen-bond donors (Lipinski definition) is 0. The van der Waals surface area contributed by atoms with Gasteiger partial charge in [-0.25, -0.2) is 9.97 Å². The van der Waals surface area contributed by atoms with Crippen LogP contribution in [0.4, 0.5) is 5.82 Å².